The van der Waals surface area contributed by atoms with Gasteiger partial charge in [-0.25, -0.2) is 4.79 Å². The summed E-state index contributed by atoms with van der Waals surface area (Å²) in [5.41, 5.74) is 2.20. The average molecular weight is 289 g/mol. The molecule has 1 aromatic carbocycles. The minimum atomic E-state index is -0.613. The van der Waals surface area contributed by atoms with Crippen molar-refractivity contribution in [2.75, 3.05) is 0 Å². The molecule has 4 amide bonds. The molecule has 1 aromatic rings. The molecule has 1 aliphatic heterocycles. The van der Waals surface area contributed by atoms with Crippen molar-refractivity contribution in [3.05, 3.63) is 35.4 Å². The summed E-state index contributed by atoms with van der Waals surface area (Å²) in [6.45, 7) is 3.92. The maximum Gasteiger partial charge on any atom is 0.322 e. The van der Waals surface area contributed by atoms with Gasteiger partial charge in [0.1, 0.15) is 6.04 Å². The topological polar surface area (TPSA) is 87.3 Å². The largest absolute Gasteiger partial charge is 0.350 e. The van der Waals surface area contributed by atoms with Gasteiger partial charge >= 0.3 is 6.03 Å². The Labute approximate surface area is 123 Å². The fraction of sp³-hybridized carbons (Fsp3) is 0.400. The Balaban J connectivity index is 1.80. The van der Waals surface area contributed by atoms with E-state index in [4.69, 9.17) is 0 Å². The highest BCUT2D eigenvalue weighted by molar-refractivity contribution is 6.04. The molecule has 0 aromatic heterocycles. The van der Waals surface area contributed by atoms with Crippen molar-refractivity contribution in [3.8, 4) is 0 Å². The van der Waals surface area contributed by atoms with Gasteiger partial charge in [0.25, 0.3) is 5.91 Å². The molecule has 1 heterocycles. The van der Waals surface area contributed by atoms with Gasteiger partial charge < -0.3 is 10.6 Å². The molecule has 0 bridgehead atoms. The van der Waals surface area contributed by atoms with Crippen LogP contribution >= 0.6 is 0 Å². The van der Waals surface area contributed by atoms with Crippen LogP contribution in [0.1, 0.15) is 36.9 Å². The minimum Gasteiger partial charge on any atom is -0.350 e. The molecule has 1 saturated heterocycles. The molecule has 6 heteroatoms. The van der Waals surface area contributed by atoms with Gasteiger partial charge in [0.05, 0.1) is 6.04 Å². The first-order valence-electron chi connectivity index (χ1n) is 6.93. The van der Waals surface area contributed by atoms with E-state index in [0.29, 0.717) is 6.42 Å². The summed E-state index contributed by atoms with van der Waals surface area (Å²) in [6, 6.07) is 6.74. The molecular formula is C15H19N3O3. The van der Waals surface area contributed by atoms with Gasteiger partial charge in [0.2, 0.25) is 5.91 Å². The summed E-state index contributed by atoms with van der Waals surface area (Å²) in [6.07, 6.45) is 0.485. The third kappa shape index (κ3) is 4.05. The van der Waals surface area contributed by atoms with E-state index in [2.05, 4.69) is 16.0 Å². The normalized spacial score (nSPS) is 18.9. The predicted molar refractivity (Wildman–Crippen MR) is 77.4 cm³/mol. The highest BCUT2D eigenvalue weighted by Gasteiger charge is 2.29. The highest BCUT2D eigenvalue weighted by Crippen LogP contribution is 2.13. The van der Waals surface area contributed by atoms with Crippen LogP contribution in [0.4, 0.5) is 4.79 Å². The number of nitrogens with one attached hydrogen (secondary N) is 3. The molecule has 2 rings (SSSR count). The van der Waals surface area contributed by atoms with E-state index in [1.807, 2.05) is 38.1 Å². The molecule has 0 aliphatic carbocycles. The number of aryl methyl sites for hydroxylation is 1. The van der Waals surface area contributed by atoms with Crippen molar-refractivity contribution in [1.82, 2.24) is 16.0 Å². The van der Waals surface area contributed by atoms with Crippen LogP contribution in [0.5, 0.6) is 0 Å². The van der Waals surface area contributed by atoms with Gasteiger partial charge in [-0.2, -0.15) is 0 Å². The SMILES string of the molecule is Cc1ccc([C@@H](C)NC(=O)CC[C@@H]2NC(=O)NC2=O)cc1. The molecule has 21 heavy (non-hydrogen) atoms. The lowest BCUT2D eigenvalue weighted by atomic mass is 10.1. The number of carbonyl (C=O) groups excluding carboxylic acids is 3. The Kier molecular flexibility index (Phi) is 4.57. The molecule has 0 spiro atoms. The fourth-order valence-electron chi connectivity index (χ4n) is 2.19. The lowest BCUT2D eigenvalue weighted by Crippen LogP contribution is -2.32. The van der Waals surface area contributed by atoms with Crippen molar-refractivity contribution >= 4 is 17.8 Å². The molecule has 2 atom stereocenters. The first-order valence-corrected chi connectivity index (χ1v) is 6.93. The third-order valence-corrected chi connectivity index (χ3v) is 3.47. The number of carbonyl (C=O) groups is 3. The number of rotatable bonds is 5. The second-order valence-electron chi connectivity index (χ2n) is 5.25. The quantitative estimate of drug-likeness (QED) is 0.711. The summed E-state index contributed by atoms with van der Waals surface area (Å²) < 4.78 is 0. The molecule has 3 N–H and O–H groups in total. The van der Waals surface area contributed by atoms with Gasteiger partial charge in [-0.3, -0.25) is 14.9 Å². The van der Waals surface area contributed by atoms with Crippen molar-refractivity contribution in [1.29, 1.82) is 0 Å². The molecule has 0 radical (unpaired) electrons. The summed E-state index contributed by atoms with van der Waals surface area (Å²) in [5, 5.41) is 7.49. The van der Waals surface area contributed by atoms with E-state index in [1.165, 1.54) is 5.56 Å². The molecule has 1 fully saturated rings. The van der Waals surface area contributed by atoms with Crippen molar-refractivity contribution in [2.24, 2.45) is 0 Å². The Bertz CT molecular complexity index is 554. The second-order valence-corrected chi connectivity index (χ2v) is 5.25. The average Bonchev–Trinajstić information content (AvgIpc) is 2.75. The zero-order valence-electron chi connectivity index (χ0n) is 12.1. The molecule has 112 valence electrons. The fourth-order valence-corrected chi connectivity index (χ4v) is 2.19. The zero-order valence-corrected chi connectivity index (χ0v) is 12.1. The lowest BCUT2D eigenvalue weighted by molar-refractivity contribution is -0.122. The van der Waals surface area contributed by atoms with Gasteiger partial charge in [-0.1, -0.05) is 29.8 Å². The van der Waals surface area contributed by atoms with Gasteiger partial charge in [0, 0.05) is 6.42 Å². The second kappa shape index (κ2) is 6.39. The maximum atomic E-state index is 11.9. The van der Waals surface area contributed by atoms with Crippen LogP contribution in [0.2, 0.25) is 0 Å². The van der Waals surface area contributed by atoms with Crippen molar-refractivity contribution < 1.29 is 14.4 Å². The molecule has 0 unspecified atom stereocenters. The summed E-state index contributed by atoms with van der Waals surface area (Å²) in [7, 11) is 0. The van der Waals surface area contributed by atoms with Crippen LogP contribution in [0.15, 0.2) is 24.3 Å². The van der Waals surface area contributed by atoms with Crippen LogP contribution in [0.25, 0.3) is 0 Å². The molecular weight excluding hydrogens is 270 g/mol. The van der Waals surface area contributed by atoms with E-state index in [9.17, 15) is 14.4 Å². The summed E-state index contributed by atoms with van der Waals surface area (Å²) >= 11 is 0. The number of hydrogen-bond acceptors (Lipinski definition) is 3. The smallest absolute Gasteiger partial charge is 0.322 e. The van der Waals surface area contributed by atoms with Crippen LogP contribution < -0.4 is 16.0 Å². The number of benzene rings is 1. The molecule has 0 saturated carbocycles. The standard InChI is InChI=1S/C15H19N3O3/c1-9-3-5-11(6-4-9)10(2)16-13(19)8-7-12-14(20)18-15(21)17-12/h3-6,10,12H,7-8H2,1-2H3,(H,16,19)(H2,17,18,20,21)/t10-,12+/m1/s1. The van der Waals surface area contributed by atoms with E-state index < -0.39 is 12.1 Å². The number of amides is 4. The monoisotopic (exact) mass is 289 g/mol. The van der Waals surface area contributed by atoms with Crippen LogP contribution in [-0.4, -0.2) is 23.9 Å². The van der Waals surface area contributed by atoms with Crippen LogP contribution in [-0.2, 0) is 9.59 Å². The Morgan fingerprint density at radius 1 is 1.29 bits per heavy atom. The lowest BCUT2D eigenvalue weighted by Gasteiger charge is -2.15. The summed E-state index contributed by atoms with van der Waals surface area (Å²) in [4.78, 5) is 34.2. The number of imide groups is 1. The zero-order chi connectivity index (χ0) is 15.4. The Morgan fingerprint density at radius 2 is 1.95 bits per heavy atom. The number of hydrogen-bond donors (Lipinski definition) is 3. The Hall–Kier alpha value is -2.37. The van der Waals surface area contributed by atoms with Gasteiger partial charge in [-0.05, 0) is 25.8 Å². The van der Waals surface area contributed by atoms with Crippen molar-refractivity contribution in [2.45, 2.75) is 38.8 Å². The van der Waals surface area contributed by atoms with E-state index in [-0.39, 0.29) is 24.3 Å². The molecule has 6 nitrogen and oxygen atoms in total. The van der Waals surface area contributed by atoms with Crippen LogP contribution in [0, 0.1) is 6.92 Å². The summed E-state index contributed by atoms with van der Waals surface area (Å²) in [5.74, 6) is -0.517. The van der Waals surface area contributed by atoms with Gasteiger partial charge in [-0.15, -0.1) is 0 Å². The van der Waals surface area contributed by atoms with E-state index in [1.54, 1.807) is 0 Å². The first-order chi connectivity index (χ1) is 9.95. The van der Waals surface area contributed by atoms with Crippen molar-refractivity contribution in [3.63, 3.8) is 0 Å². The predicted octanol–water partition coefficient (Wildman–Crippen LogP) is 1.16. The van der Waals surface area contributed by atoms with Crippen LogP contribution in [0.3, 0.4) is 0 Å². The molecule has 1 aliphatic rings. The highest BCUT2D eigenvalue weighted by atomic mass is 16.2. The Morgan fingerprint density at radius 3 is 2.52 bits per heavy atom. The number of urea groups is 1. The van der Waals surface area contributed by atoms with Gasteiger partial charge in [0.15, 0.2) is 0 Å². The van der Waals surface area contributed by atoms with E-state index >= 15 is 0 Å². The first kappa shape index (κ1) is 15.0. The maximum absolute atomic E-state index is 11.9. The van der Waals surface area contributed by atoms with E-state index in [0.717, 1.165) is 5.56 Å². The minimum absolute atomic E-state index is 0.0925. The third-order valence-electron chi connectivity index (χ3n) is 3.47.